The summed E-state index contributed by atoms with van der Waals surface area (Å²) in [6.45, 7) is 1.91. The van der Waals surface area contributed by atoms with E-state index in [4.69, 9.17) is 0 Å². The van der Waals surface area contributed by atoms with Crippen molar-refractivity contribution in [3.8, 4) is 11.3 Å². The first-order chi connectivity index (χ1) is 13.8. The fourth-order valence-electron chi connectivity index (χ4n) is 2.93. The molecule has 0 amide bonds. The van der Waals surface area contributed by atoms with Gasteiger partial charge in [-0.3, -0.25) is 14.2 Å². The number of hydrogen-bond donors (Lipinski definition) is 0. The lowest BCUT2D eigenvalue weighted by molar-refractivity contribution is -0.137. The highest BCUT2D eigenvalue weighted by Crippen LogP contribution is 2.31. The molecule has 0 aliphatic rings. The number of pyridine rings is 1. The van der Waals surface area contributed by atoms with Crippen molar-refractivity contribution < 1.29 is 18.0 Å². The molecule has 0 saturated heterocycles. The van der Waals surface area contributed by atoms with Gasteiger partial charge in [0.15, 0.2) is 11.4 Å². The zero-order valence-corrected chi connectivity index (χ0v) is 15.3. The quantitative estimate of drug-likeness (QED) is 0.475. The molecule has 0 fully saturated rings. The van der Waals surface area contributed by atoms with Gasteiger partial charge in [-0.1, -0.05) is 18.2 Å². The third-order valence-electron chi connectivity index (χ3n) is 4.50. The van der Waals surface area contributed by atoms with Gasteiger partial charge in [-0.05, 0) is 30.7 Å². The fraction of sp³-hybridized carbons (Fsp3) is 0.143. The number of halogens is 3. The molecule has 0 saturated carbocycles. The summed E-state index contributed by atoms with van der Waals surface area (Å²) in [6.07, 6.45) is 1.94. The molecule has 3 heterocycles. The second kappa shape index (κ2) is 7.12. The highest BCUT2D eigenvalue weighted by Gasteiger charge is 2.30. The molecule has 0 unspecified atom stereocenters. The molecule has 0 aliphatic heterocycles. The molecule has 5 nitrogen and oxygen atoms in total. The number of Topliss-reactive ketones (excluding diaryl/α,β-unsaturated/α-hetero) is 1. The summed E-state index contributed by atoms with van der Waals surface area (Å²) >= 11 is 0. The summed E-state index contributed by atoms with van der Waals surface area (Å²) in [7, 11) is 0. The molecule has 29 heavy (non-hydrogen) atoms. The number of alkyl halides is 3. The van der Waals surface area contributed by atoms with Gasteiger partial charge in [0.25, 0.3) is 0 Å². The van der Waals surface area contributed by atoms with Gasteiger partial charge in [0.2, 0.25) is 0 Å². The smallest absolute Gasteiger partial charge is 0.296 e. The maximum absolute atomic E-state index is 12.8. The maximum Gasteiger partial charge on any atom is 0.416 e. The lowest BCUT2D eigenvalue weighted by Gasteiger charge is -2.08. The van der Waals surface area contributed by atoms with Crippen LogP contribution in [0.3, 0.4) is 0 Å². The summed E-state index contributed by atoms with van der Waals surface area (Å²) in [5, 5.41) is 0. The third kappa shape index (κ3) is 3.87. The Balaban J connectivity index is 1.65. The average molecular weight is 396 g/mol. The van der Waals surface area contributed by atoms with Crippen LogP contribution in [0.25, 0.3) is 16.9 Å². The lowest BCUT2D eigenvalue weighted by Crippen LogP contribution is -2.09. The highest BCUT2D eigenvalue weighted by molar-refractivity contribution is 5.95. The number of nitrogens with zero attached hydrogens (tertiary/aromatic N) is 4. The van der Waals surface area contributed by atoms with E-state index in [0.717, 1.165) is 17.7 Å². The van der Waals surface area contributed by atoms with E-state index >= 15 is 0 Å². The molecule has 0 N–H and O–H groups in total. The molecule has 0 bridgehead atoms. The molecular formula is C21H15F3N4O. The highest BCUT2D eigenvalue weighted by atomic mass is 19.4. The monoisotopic (exact) mass is 396 g/mol. The number of carbonyl (C=O) groups excluding carboxylic acids is 1. The lowest BCUT2D eigenvalue weighted by atomic mass is 10.1. The standard InChI is InChI=1S/C21H15F3N4O/c1-13-2-7-16(25-9-13)8-19(29)17-12-28-18(10-27-20(28)11-26-17)14-3-5-15(6-4-14)21(22,23)24/h2-7,9-12H,8H2,1H3. The van der Waals surface area contributed by atoms with Gasteiger partial charge in [0.1, 0.15) is 5.69 Å². The van der Waals surface area contributed by atoms with Gasteiger partial charge in [-0.25, -0.2) is 9.97 Å². The number of hydrogen-bond acceptors (Lipinski definition) is 4. The first kappa shape index (κ1) is 18.8. The SMILES string of the molecule is Cc1ccc(CC(=O)c2cn3c(-c4ccc(C(F)(F)F)cc4)cnc3cn2)nc1. The van der Waals surface area contributed by atoms with Crippen LogP contribution in [0.5, 0.6) is 0 Å². The molecule has 0 radical (unpaired) electrons. The molecular weight excluding hydrogens is 381 g/mol. The summed E-state index contributed by atoms with van der Waals surface area (Å²) in [6, 6.07) is 8.46. The number of rotatable bonds is 4. The van der Waals surface area contributed by atoms with E-state index in [-0.39, 0.29) is 17.9 Å². The molecule has 1 aromatic carbocycles. The summed E-state index contributed by atoms with van der Waals surface area (Å²) in [5.41, 5.74) is 2.75. The topological polar surface area (TPSA) is 60.2 Å². The Labute approximate surface area is 163 Å². The van der Waals surface area contributed by atoms with Crippen molar-refractivity contribution in [2.24, 2.45) is 0 Å². The Kier molecular flexibility index (Phi) is 4.62. The van der Waals surface area contributed by atoms with Crippen molar-refractivity contribution in [1.29, 1.82) is 0 Å². The third-order valence-corrected chi connectivity index (χ3v) is 4.50. The van der Waals surface area contributed by atoms with Crippen molar-refractivity contribution in [3.05, 3.63) is 83.7 Å². The second-order valence-electron chi connectivity index (χ2n) is 6.65. The summed E-state index contributed by atoms with van der Waals surface area (Å²) < 4.78 is 40.0. The predicted octanol–water partition coefficient (Wildman–Crippen LogP) is 4.54. The van der Waals surface area contributed by atoms with Crippen LogP contribution in [0.4, 0.5) is 13.2 Å². The van der Waals surface area contributed by atoms with Gasteiger partial charge in [-0.15, -0.1) is 0 Å². The van der Waals surface area contributed by atoms with Crippen LogP contribution in [-0.4, -0.2) is 25.1 Å². The molecule has 4 rings (SSSR count). The maximum atomic E-state index is 12.8. The first-order valence-corrected chi connectivity index (χ1v) is 8.77. The molecule has 8 heteroatoms. The van der Waals surface area contributed by atoms with Crippen LogP contribution < -0.4 is 0 Å². The Bertz CT molecular complexity index is 1180. The summed E-state index contributed by atoms with van der Waals surface area (Å²) in [5.74, 6) is -0.213. The minimum Gasteiger partial charge on any atom is -0.296 e. The number of aryl methyl sites for hydroxylation is 1. The van der Waals surface area contributed by atoms with Crippen molar-refractivity contribution in [2.75, 3.05) is 0 Å². The van der Waals surface area contributed by atoms with Crippen molar-refractivity contribution in [2.45, 2.75) is 19.5 Å². The van der Waals surface area contributed by atoms with E-state index in [2.05, 4.69) is 15.0 Å². The minimum absolute atomic E-state index is 0.100. The summed E-state index contributed by atoms with van der Waals surface area (Å²) in [4.78, 5) is 25.2. The molecule has 0 atom stereocenters. The number of benzene rings is 1. The van der Waals surface area contributed by atoms with Crippen molar-refractivity contribution >= 4 is 11.4 Å². The van der Waals surface area contributed by atoms with Gasteiger partial charge >= 0.3 is 6.18 Å². The molecule has 3 aromatic heterocycles. The second-order valence-corrected chi connectivity index (χ2v) is 6.65. The number of aromatic nitrogens is 4. The van der Waals surface area contributed by atoms with Gasteiger partial charge in [0.05, 0.1) is 30.1 Å². The molecule has 4 aromatic rings. The Morgan fingerprint density at radius 1 is 0.966 bits per heavy atom. The Morgan fingerprint density at radius 3 is 2.38 bits per heavy atom. The number of carbonyl (C=O) groups is 1. The van der Waals surface area contributed by atoms with Crippen LogP contribution in [0.1, 0.15) is 27.3 Å². The number of imidazole rings is 1. The van der Waals surface area contributed by atoms with Crippen LogP contribution in [0, 0.1) is 6.92 Å². The zero-order valence-electron chi connectivity index (χ0n) is 15.3. The van der Waals surface area contributed by atoms with Gasteiger partial charge < -0.3 is 0 Å². The minimum atomic E-state index is -4.40. The molecule has 146 valence electrons. The van der Waals surface area contributed by atoms with E-state index in [9.17, 15) is 18.0 Å². The normalized spacial score (nSPS) is 11.7. The van der Waals surface area contributed by atoms with Gasteiger partial charge in [-0.2, -0.15) is 13.2 Å². The van der Waals surface area contributed by atoms with E-state index < -0.39 is 11.7 Å². The largest absolute Gasteiger partial charge is 0.416 e. The van der Waals surface area contributed by atoms with E-state index in [1.54, 1.807) is 22.9 Å². The molecule has 0 aliphatic carbocycles. The van der Waals surface area contributed by atoms with Crippen LogP contribution in [0.15, 0.2) is 61.2 Å². The Morgan fingerprint density at radius 2 is 1.72 bits per heavy atom. The van der Waals surface area contributed by atoms with Gasteiger partial charge in [0, 0.05) is 23.7 Å². The van der Waals surface area contributed by atoms with Crippen LogP contribution in [0.2, 0.25) is 0 Å². The van der Waals surface area contributed by atoms with E-state index in [1.165, 1.54) is 24.5 Å². The molecule has 0 spiro atoms. The number of fused-ring (bicyclic) bond motifs is 1. The van der Waals surface area contributed by atoms with E-state index in [1.807, 2.05) is 13.0 Å². The zero-order chi connectivity index (χ0) is 20.6. The number of ketones is 1. The van der Waals surface area contributed by atoms with E-state index in [0.29, 0.717) is 22.6 Å². The fourth-order valence-corrected chi connectivity index (χ4v) is 2.93. The average Bonchev–Trinajstić information content (AvgIpc) is 3.12. The Hall–Kier alpha value is -3.55. The predicted molar refractivity (Wildman–Crippen MR) is 100 cm³/mol. The van der Waals surface area contributed by atoms with Crippen molar-refractivity contribution in [1.82, 2.24) is 19.4 Å². The first-order valence-electron chi connectivity index (χ1n) is 8.77. The van der Waals surface area contributed by atoms with Crippen LogP contribution >= 0.6 is 0 Å². The van der Waals surface area contributed by atoms with Crippen LogP contribution in [-0.2, 0) is 12.6 Å². The van der Waals surface area contributed by atoms with Crippen molar-refractivity contribution in [3.63, 3.8) is 0 Å².